The topological polar surface area (TPSA) is 113 Å². The smallest absolute Gasteiger partial charge is 0.287 e. The molecule has 0 amide bonds. The highest BCUT2D eigenvalue weighted by Gasteiger charge is 2.27. The molecule has 0 saturated carbocycles. The number of ether oxygens (including phenoxy) is 1. The summed E-state index contributed by atoms with van der Waals surface area (Å²) in [5.41, 5.74) is 15.4. The van der Waals surface area contributed by atoms with Crippen LogP contribution < -0.4 is 16.2 Å². The van der Waals surface area contributed by atoms with Crippen LogP contribution in [0.15, 0.2) is 27.8 Å². The van der Waals surface area contributed by atoms with Crippen molar-refractivity contribution >= 4 is 5.84 Å². The van der Waals surface area contributed by atoms with E-state index in [1.807, 2.05) is 0 Å². The largest absolute Gasteiger partial charge is 0.472 e. The van der Waals surface area contributed by atoms with Gasteiger partial charge in [-0.1, -0.05) is 23.8 Å². The first-order valence-electron chi connectivity index (χ1n) is 6.77. The number of nitrogens with zero attached hydrogens (tertiary/aromatic N) is 3. The third-order valence-electron chi connectivity index (χ3n) is 3.43. The minimum Gasteiger partial charge on any atom is -0.472 e. The lowest BCUT2D eigenvalue weighted by Gasteiger charge is -2.27. The summed E-state index contributed by atoms with van der Waals surface area (Å²) in [5, 5.41) is 7.41. The SMILES string of the molecule is Cc1ccc2c(c1)[C@@H](N=C(N)c1nonc1OCCN)C2. The van der Waals surface area contributed by atoms with Crippen LogP contribution in [-0.2, 0) is 6.42 Å². The maximum absolute atomic E-state index is 5.99. The van der Waals surface area contributed by atoms with Gasteiger partial charge in [0.25, 0.3) is 5.88 Å². The summed E-state index contributed by atoms with van der Waals surface area (Å²) in [6.45, 7) is 2.75. The molecule has 0 radical (unpaired) electrons. The molecule has 0 spiro atoms. The van der Waals surface area contributed by atoms with E-state index >= 15 is 0 Å². The minimum absolute atomic E-state index is 0.0546. The zero-order valence-electron chi connectivity index (χ0n) is 11.7. The zero-order valence-corrected chi connectivity index (χ0v) is 11.7. The number of aliphatic imine (C=N–C) groups is 1. The summed E-state index contributed by atoms with van der Waals surface area (Å²) < 4.78 is 9.98. The van der Waals surface area contributed by atoms with E-state index in [2.05, 4.69) is 45.1 Å². The van der Waals surface area contributed by atoms with Crippen molar-refractivity contribution in [1.82, 2.24) is 10.3 Å². The van der Waals surface area contributed by atoms with Crippen LogP contribution in [0.3, 0.4) is 0 Å². The zero-order chi connectivity index (χ0) is 14.8. The molecular weight excluding hydrogens is 270 g/mol. The fourth-order valence-corrected chi connectivity index (χ4v) is 2.33. The third kappa shape index (κ3) is 2.59. The highest BCUT2D eigenvalue weighted by atomic mass is 16.6. The molecule has 1 aliphatic carbocycles. The van der Waals surface area contributed by atoms with Gasteiger partial charge in [0, 0.05) is 6.54 Å². The van der Waals surface area contributed by atoms with Crippen molar-refractivity contribution in [1.29, 1.82) is 0 Å². The Hall–Kier alpha value is -2.41. The fourth-order valence-electron chi connectivity index (χ4n) is 2.33. The molecule has 0 fully saturated rings. The summed E-state index contributed by atoms with van der Waals surface area (Å²) >= 11 is 0. The molecule has 0 unspecified atom stereocenters. The molecule has 0 aliphatic heterocycles. The maximum atomic E-state index is 5.99. The molecule has 21 heavy (non-hydrogen) atoms. The van der Waals surface area contributed by atoms with E-state index in [0.29, 0.717) is 18.8 Å². The summed E-state index contributed by atoms with van der Waals surface area (Å²) in [7, 11) is 0. The number of aromatic nitrogens is 2. The molecule has 7 nitrogen and oxygen atoms in total. The Balaban J connectivity index is 1.80. The quantitative estimate of drug-likeness (QED) is 0.619. The van der Waals surface area contributed by atoms with Crippen molar-refractivity contribution in [3.8, 4) is 5.88 Å². The van der Waals surface area contributed by atoms with Crippen LogP contribution in [0.4, 0.5) is 0 Å². The van der Waals surface area contributed by atoms with Crippen molar-refractivity contribution in [2.24, 2.45) is 16.5 Å². The van der Waals surface area contributed by atoms with Gasteiger partial charge in [-0.2, -0.15) is 0 Å². The lowest BCUT2D eigenvalue weighted by Crippen LogP contribution is -2.22. The number of aryl methyl sites for hydroxylation is 1. The van der Waals surface area contributed by atoms with Crippen molar-refractivity contribution < 1.29 is 9.37 Å². The highest BCUT2D eigenvalue weighted by Crippen LogP contribution is 2.37. The van der Waals surface area contributed by atoms with Gasteiger partial charge in [-0.15, -0.1) is 0 Å². The van der Waals surface area contributed by atoms with Gasteiger partial charge in [0.1, 0.15) is 6.61 Å². The Morgan fingerprint density at radius 1 is 1.48 bits per heavy atom. The summed E-state index contributed by atoms with van der Waals surface area (Å²) in [6, 6.07) is 6.41. The van der Waals surface area contributed by atoms with Gasteiger partial charge < -0.3 is 16.2 Å². The lowest BCUT2D eigenvalue weighted by atomic mass is 9.82. The number of benzene rings is 1. The average Bonchev–Trinajstić information content (AvgIpc) is 2.93. The Labute approximate surface area is 121 Å². The number of rotatable bonds is 5. The van der Waals surface area contributed by atoms with Crippen LogP contribution >= 0.6 is 0 Å². The molecule has 1 atom stereocenters. The first kappa shape index (κ1) is 13.6. The second-order valence-corrected chi connectivity index (χ2v) is 4.99. The molecule has 1 aliphatic rings. The summed E-state index contributed by atoms with van der Waals surface area (Å²) in [4.78, 5) is 4.50. The standard InChI is InChI=1S/C14H17N5O2/c1-8-2-3-9-7-11(10(9)6-8)17-13(16)12-14(19-21-18-12)20-5-4-15/h2-3,6,11H,4-5,7,15H2,1H3,(H2,16,17)/t11-/m0/s1. The Morgan fingerprint density at radius 3 is 3.14 bits per heavy atom. The van der Waals surface area contributed by atoms with Crippen LogP contribution in [0.1, 0.15) is 28.4 Å². The number of amidine groups is 1. The second-order valence-electron chi connectivity index (χ2n) is 4.99. The summed E-state index contributed by atoms with van der Waals surface area (Å²) in [6.07, 6.45) is 0.876. The van der Waals surface area contributed by atoms with E-state index in [0.717, 1.165) is 6.42 Å². The van der Waals surface area contributed by atoms with Crippen molar-refractivity contribution in [2.75, 3.05) is 13.2 Å². The van der Waals surface area contributed by atoms with Crippen molar-refractivity contribution in [3.05, 3.63) is 40.6 Å². The van der Waals surface area contributed by atoms with Crippen molar-refractivity contribution in [2.45, 2.75) is 19.4 Å². The van der Waals surface area contributed by atoms with Crippen LogP contribution in [0.25, 0.3) is 0 Å². The number of hydrogen-bond acceptors (Lipinski definition) is 6. The number of fused-ring (bicyclic) bond motifs is 1. The molecule has 1 heterocycles. The van der Waals surface area contributed by atoms with Gasteiger partial charge in [-0.25, -0.2) is 4.63 Å². The molecule has 7 heteroatoms. The van der Waals surface area contributed by atoms with E-state index in [4.69, 9.17) is 16.2 Å². The van der Waals surface area contributed by atoms with E-state index in [-0.39, 0.29) is 17.8 Å². The minimum atomic E-state index is 0.0546. The molecule has 2 aromatic rings. The van der Waals surface area contributed by atoms with Crippen molar-refractivity contribution in [3.63, 3.8) is 0 Å². The molecule has 110 valence electrons. The lowest BCUT2D eigenvalue weighted by molar-refractivity contribution is 0.260. The molecule has 1 aromatic heterocycles. The van der Waals surface area contributed by atoms with E-state index in [1.165, 1.54) is 16.7 Å². The third-order valence-corrected chi connectivity index (χ3v) is 3.43. The predicted octanol–water partition coefficient (Wildman–Crippen LogP) is 0.718. The Kier molecular flexibility index (Phi) is 3.57. The van der Waals surface area contributed by atoms with Gasteiger partial charge >= 0.3 is 0 Å². The molecule has 0 bridgehead atoms. The highest BCUT2D eigenvalue weighted by molar-refractivity contribution is 5.97. The van der Waals surface area contributed by atoms with Gasteiger partial charge in [0.05, 0.1) is 6.04 Å². The van der Waals surface area contributed by atoms with Gasteiger partial charge in [0.15, 0.2) is 5.84 Å². The van der Waals surface area contributed by atoms with E-state index in [9.17, 15) is 0 Å². The van der Waals surface area contributed by atoms with Gasteiger partial charge in [-0.3, -0.25) is 4.99 Å². The molecule has 4 N–H and O–H groups in total. The van der Waals surface area contributed by atoms with Gasteiger partial charge in [0.2, 0.25) is 5.69 Å². The fraction of sp³-hybridized carbons (Fsp3) is 0.357. The summed E-state index contributed by atoms with van der Waals surface area (Å²) in [5.74, 6) is 0.492. The first-order chi connectivity index (χ1) is 10.2. The van der Waals surface area contributed by atoms with E-state index in [1.54, 1.807) is 0 Å². The number of nitrogens with two attached hydrogens (primary N) is 2. The Bertz CT molecular complexity index is 680. The monoisotopic (exact) mass is 287 g/mol. The van der Waals surface area contributed by atoms with Gasteiger partial charge in [-0.05, 0) is 34.8 Å². The van der Waals surface area contributed by atoms with Crippen LogP contribution in [-0.4, -0.2) is 29.3 Å². The van der Waals surface area contributed by atoms with Crippen LogP contribution in [0.5, 0.6) is 5.88 Å². The molecule has 1 aromatic carbocycles. The van der Waals surface area contributed by atoms with Crippen LogP contribution in [0.2, 0.25) is 0 Å². The Morgan fingerprint density at radius 2 is 2.33 bits per heavy atom. The average molecular weight is 287 g/mol. The predicted molar refractivity (Wildman–Crippen MR) is 77.2 cm³/mol. The van der Waals surface area contributed by atoms with Crippen LogP contribution in [0, 0.1) is 6.92 Å². The molecule has 3 rings (SSSR count). The number of hydrogen-bond donors (Lipinski definition) is 2. The van der Waals surface area contributed by atoms with E-state index < -0.39 is 0 Å². The normalized spacial score (nSPS) is 17.2. The molecule has 0 saturated heterocycles. The maximum Gasteiger partial charge on any atom is 0.287 e. The first-order valence-corrected chi connectivity index (χ1v) is 6.77. The second kappa shape index (κ2) is 5.53. The molecular formula is C14H17N5O2.